The molecule has 0 fully saturated rings. The number of phenolic OH excluding ortho intramolecular Hbond substituents is 1. The molecule has 0 aliphatic carbocycles. The molecule has 1 rings (SSSR count). The Morgan fingerprint density at radius 3 is 2.33 bits per heavy atom. The number of aliphatic hydroxyl groups excluding tert-OH is 2. The first-order chi connectivity index (χ1) is 8.27. The van der Waals surface area contributed by atoms with Crippen LogP contribution in [0.2, 0.25) is 0 Å². The smallest absolute Gasteiger partial charge is 0.119 e. The van der Waals surface area contributed by atoms with Crippen molar-refractivity contribution in [2.45, 2.75) is 38.4 Å². The highest BCUT2D eigenvalue weighted by molar-refractivity contribution is 5.41. The normalized spacial score (nSPS) is 15.4. The maximum Gasteiger partial charge on any atom is 0.119 e. The SMILES string of the molecule is CNCC(O)C(O)c1ccc(O)c(C(C)(C)C)c1. The van der Waals surface area contributed by atoms with Gasteiger partial charge in [-0.3, -0.25) is 0 Å². The third-order valence-corrected chi connectivity index (χ3v) is 2.95. The van der Waals surface area contributed by atoms with Gasteiger partial charge in [-0.1, -0.05) is 26.8 Å². The van der Waals surface area contributed by atoms with E-state index < -0.39 is 12.2 Å². The van der Waals surface area contributed by atoms with Crippen LogP contribution in [0.15, 0.2) is 18.2 Å². The predicted molar refractivity (Wildman–Crippen MR) is 71.7 cm³/mol. The van der Waals surface area contributed by atoms with Crippen LogP contribution in [-0.2, 0) is 5.41 Å². The summed E-state index contributed by atoms with van der Waals surface area (Å²) in [7, 11) is 1.72. The summed E-state index contributed by atoms with van der Waals surface area (Å²) in [5, 5.41) is 32.4. The monoisotopic (exact) mass is 253 g/mol. The highest BCUT2D eigenvalue weighted by Crippen LogP contribution is 2.33. The van der Waals surface area contributed by atoms with Gasteiger partial charge >= 0.3 is 0 Å². The summed E-state index contributed by atoms with van der Waals surface area (Å²) in [6.45, 7) is 6.28. The number of hydrogen-bond acceptors (Lipinski definition) is 4. The van der Waals surface area contributed by atoms with Gasteiger partial charge in [0.15, 0.2) is 0 Å². The average molecular weight is 253 g/mol. The average Bonchev–Trinajstić information content (AvgIpc) is 2.27. The van der Waals surface area contributed by atoms with Crippen molar-refractivity contribution in [1.82, 2.24) is 5.32 Å². The molecule has 0 aliphatic heterocycles. The van der Waals surface area contributed by atoms with Crippen molar-refractivity contribution in [3.05, 3.63) is 29.3 Å². The molecule has 4 heteroatoms. The van der Waals surface area contributed by atoms with Crippen molar-refractivity contribution in [2.24, 2.45) is 0 Å². The molecule has 0 heterocycles. The molecule has 1 aromatic rings. The second-order valence-electron chi connectivity index (χ2n) is 5.60. The Morgan fingerprint density at radius 2 is 1.83 bits per heavy atom. The lowest BCUT2D eigenvalue weighted by atomic mass is 9.84. The molecule has 2 atom stereocenters. The highest BCUT2D eigenvalue weighted by Gasteiger charge is 2.22. The van der Waals surface area contributed by atoms with E-state index in [2.05, 4.69) is 5.32 Å². The molecule has 0 bridgehead atoms. The molecule has 0 aliphatic rings. The van der Waals surface area contributed by atoms with Gasteiger partial charge in [-0.2, -0.15) is 0 Å². The summed E-state index contributed by atoms with van der Waals surface area (Å²) in [5.74, 6) is 0.210. The maximum absolute atomic E-state index is 10.0. The van der Waals surface area contributed by atoms with Gasteiger partial charge in [0.2, 0.25) is 0 Å². The van der Waals surface area contributed by atoms with Gasteiger partial charge in [0.1, 0.15) is 11.9 Å². The molecule has 4 nitrogen and oxygen atoms in total. The highest BCUT2D eigenvalue weighted by atomic mass is 16.3. The molecule has 0 saturated heterocycles. The summed E-state index contributed by atoms with van der Waals surface area (Å²) < 4.78 is 0. The van der Waals surface area contributed by atoms with Crippen LogP contribution in [0.3, 0.4) is 0 Å². The maximum atomic E-state index is 10.0. The van der Waals surface area contributed by atoms with Crippen LogP contribution in [0, 0.1) is 0 Å². The predicted octanol–water partition coefficient (Wildman–Crippen LogP) is 1.30. The molecule has 0 spiro atoms. The number of likely N-dealkylation sites (N-methyl/N-ethyl adjacent to an activating group) is 1. The molecule has 0 aromatic heterocycles. The summed E-state index contributed by atoms with van der Waals surface area (Å²) in [6.07, 6.45) is -1.83. The topological polar surface area (TPSA) is 72.7 Å². The van der Waals surface area contributed by atoms with E-state index in [1.54, 1.807) is 25.2 Å². The van der Waals surface area contributed by atoms with Gasteiger partial charge in [-0.25, -0.2) is 0 Å². The molecule has 102 valence electrons. The van der Waals surface area contributed by atoms with Crippen molar-refractivity contribution >= 4 is 0 Å². The third-order valence-electron chi connectivity index (χ3n) is 2.95. The summed E-state index contributed by atoms with van der Waals surface area (Å²) >= 11 is 0. The van der Waals surface area contributed by atoms with E-state index in [4.69, 9.17) is 0 Å². The Kier molecular flexibility index (Phi) is 4.73. The van der Waals surface area contributed by atoms with E-state index in [1.165, 1.54) is 0 Å². The molecule has 2 unspecified atom stereocenters. The van der Waals surface area contributed by atoms with Crippen molar-refractivity contribution in [3.63, 3.8) is 0 Å². The van der Waals surface area contributed by atoms with Crippen molar-refractivity contribution in [2.75, 3.05) is 13.6 Å². The van der Waals surface area contributed by atoms with Crippen molar-refractivity contribution in [3.8, 4) is 5.75 Å². The van der Waals surface area contributed by atoms with Gasteiger partial charge in [0.05, 0.1) is 6.10 Å². The fourth-order valence-electron chi connectivity index (χ4n) is 1.88. The van der Waals surface area contributed by atoms with Gasteiger partial charge in [-0.05, 0) is 35.7 Å². The Labute approximate surface area is 108 Å². The van der Waals surface area contributed by atoms with E-state index in [-0.39, 0.29) is 11.2 Å². The Morgan fingerprint density at radius 1 is 1.22 bits per heavy atom. The van der Waals surface area contributed by atoms with E-state index in [0.29, 0.717) is 12.1 Å². The quantitative estimate of drug-likeness (QED) is 0.653. The molecule has 0 saturated carbocycles. The Bertz CT molecular complexity index is 399. The zero-order valence-corrected chi connectivity index (χ0v) is 11.4. The van der Waals surface area contributed by atoms with Crippen LogP contribution in [0.25, 0.3) is 0 Å². The molecule has 4 N–H and O–H groups in total. The van der Waals surface area contributed by atoms with Crippen molar-refractivity contribution < 1.29 is 15.3 Å². The van der Waals surface area contributed by atoms with E-state index >= 15 is 0 Å². The second-order valence-corrected chi connectivity index (χ2v) is 5.60. The fourth-order valence-corrected chi connectivity index (χ4v) is 1.88. The number of aliphatic hydroxyl groups is 2. The zero-order chi connectivity index (χ0) is 13.9. The fraction of sp³-hybridized carbons (Fsp3) is 0.571. The van der Waals surface area contributed by atoms with Crippen LogP contribution in [0.4, 0.5) is 0 Å². The first-order valence-electron chi connectivity index (χ1n) is 6.11. The van der Waals surface area contributed by atoms with E-state index in [1.807, 2.05) is 20.8 Å². The lowest BCUT2D eigenvalue weighted by Crippen LogP contribution is -2.29. The summed E-state index contributed by atoms with van der Waals surface area (Å²) in [5.41, 5.74) is 1.16. The minimum Gasteiger partial charge on any atom is -0.508 e. The van der Waals surface area contributed by atoms with Crippen LogP contribution >= 0.6 is 0 Å². The van der Waals surface area contributed by atoms with Crippen molar-refractivity contribution in [1.29, 1.82) is 0 Å². The van der Waals surface area contributed by atoms with Crippen LogP contribution < -0.4 is 5.32 Å². The zero-order valence-electron chi connectivity index (χ0n) is 11.4. The van der Waals surface area contributed by atoms with Gasteiger partial charge in [0.25, 0.3) is 0 Å². The van der Waals surface area contributed by atoms with E-state index in [0.717, 1.165) is 5.56 Å². The van der Waals surface area contributed by atoms with Gasteiger partial charge in [-0.15, -0.1) is 0 Å². The van der Waals surface area contributed by atoms with Gasteiger partial charge < -0.3 is 20.6 Å². The van der Waals surface area contributed by atoms with Crippen LogP contribution in [0.5, 0.6) is 5.75 Å². The molecular formula is C14H23NO3. The van der Waals surface area contributed by atoms with Crippen LogP contribution in [0.1, 0.15) is 38.0 Å². The number of phenols is 1. The van der Waals surface area contributed by atoms with Gasteiger partial charge in [0, 0.05) is 6.54 Å². The first kappa shape index (κ1) is 15.0. The number of nitrogens with one attached hydrogen (secondary N) is 1. The first-order valence-corrected chi connectivity index (χ1v) is 6.11. The van der Waals surface area contributed by atoms with E-state index in [9.17, 15) is 15.3 Å². The number of rotatable bonds is 4. The minimum absolute atomic E-state index is 0.210. The van der Waals surface area contributed by atoms with Crippen LogP contribution in [-0.4, -0.2) is 35.0 Å². The lowest BCUT2D eigenvalue weighted by molar-refractivity contribution is 0.0201. The number of benzene rings is 1. The molecule has 18 heavy (non-hydrogen) atoms. The standard InChI is InChI=1S/C14H23NO3/c1-14(2,3)10-7-9(5-6-11(10)16)13(18)12(17)8-15-4/h5-7,12-13,15-18H,8H2,1-4H3. The minimum atomic E-state index is -0.959. The number of hydrogen-bond donors (Lipinski definition) is 4. The Hall–Kier alpha value is -1.10. The third kappa shape index (κ3) is 3.45. The largest absolute Gasteiger partial charge is 0.508 e. The molecule has 1 aromatic carbocycles. The molecule has 0 amide bonds. The Balaban J connectivity index is 3.05. The molecular weight excluding hydrogens is 230 g/mol. The lowest BCUT2D eigenvalue weighted by Gasteiger charge is -2.24. The number of aromatic hydroxyl groups is 1. The summed E-state index contributed by atoms with van der Waals surface area (Å²) in [4.78, 5) is 0. The second kappa shape index (κ2) is 5.69. The summed E-state index contributed by atoms with van der Waals surface area (Å²) in [6, 6.07) is 4.94. The molecule has 0 radical (unpaired) electrons.